The molecule has 0 spiro atoms. The zero-order valence-electron chi connectivity index (χ0n) is 13.0. The van der Waals surface area contributed by atoms with Gasteiger partial charge in [-0.3, -0.25) is 4.79 Å². The maximum absolute atomic E-state index is 9.00. The van der Waals surface area contributed by atoms with Gasteiger partial charge in [0.05, 0.1) is 23.3 Å². The second kappa shape index (κ2) is 12.8. The minimum atomic E-state index is -2.23. The number of thioether (sulfide) groups is 1. The van der Waals surface area contributed by atoms with Crippen LogP contribution in [0.5, 0.6) is 0 Å². The van der Waals surface area contributed by atoms with E-state index < -0.39 is 11.7 Å². The largest absolute Gasteiger partial charge is 0.481 e. The first-order valence-electron chi connectivity index (χ1n) is 6.55. The van der Waals surface area contributed by atoms with Gasteiger partial charge in [-0.1, -0.05) is 34.6 Å². The lowest BCUT2D eigenvalue weighted by molar-refractivity contribution is -0.134. The molecule has 132 valence electrons. The molecule has 0 bridgehead atoms. The predicted octanol–water partition coefficient (Wildman–Crippen LogP) is 6.16. The van der Waals surface area contributed by atoms with Crippen LogP contribution in [0.25, 0.3) is 0 Å². The second-order valence-electron chi connectivity index (χ2n) is 3.77. The molecular formula is C13H19Cl2O4PS3. The Morgan fingerprint density at radius 1 is 1.30 bits per heavy atom. The van der Waals surface area contributed by atoms with Crippen LogP contribution in [-0.4, -0.2) is 29.4 Å². The Morgan fingerprint density at radius 2 is 1.83 bits per heavy atom. The lowest BCUT2D eigenvalue weighted by atomic mass is 10.4. The first-order valence-corrected chi connectivity index (χ1v) is 12.5. The molecule has 0 aromatic heterocycles. The molecule has 0 heterocycles. The minimum Gasteiger partial charge on any atom is -0.481 e. The molecule has 0 saturated heterocycles. The van der Waals surface area contributed by atoms with E-state index in [1.807, 2.05) is 19.9 Å². The number of halogens is 2. The average molecular weight is 437 g/mol. The van der Waals surface area contributed by atoms with E-state index in [1.165, 1.54) is 11.4 Å². The van der Waals surface area contributed by atoms with E-state index >= 15 is 0 Å². The SMILES string of the molecule is CC(=O)O.CCOP(=S)(OCC)SCSc1cc(Cl)ccc1Cl. The van der Waals surface area contributed by atoms with Crippen molar-refractivity contribution >= 4 is 69.8 Å². The fourth-order valence-corrected chi connectivity index (χ4v) is 8.71. The van der Waals surface area contributed by atoms with Crippen LogP contribution >= 0.6 is 52.0 Å². The molecule has 0 aliphatic rings. The molecule has 10 heteroatoms. The molecule has 0 aliphatic carbocycles. The fourth-order valence-electron chi connectivity index (χ4n) is 1.17. The highest BCUT2D eigenvalue weighted by Gasteiger charge is 2.18. The number of carboxylic acids is 1. The number of carbonyl (C=O) groups is 1. The Morgan fingerprint density at radius 3 is 2.30 bits per heavy atom. The molecule has 0 atom stereocenters. The lowest BCUT2D eigenvalue weighted by Gasteiger charge is -2.19. The van der Waals surface area contributed by atoms with Crippen LogP contribution in [-0.2, 0) is 25.6 Å². The van der Waals surface area contributed by atoms with E-state index in [4.69, 9.17) is 54.0 Å². The van der Waals surface area contributed by atoms with Gasteiger partial charge in [-0.05, 0) is 43.9 Å². The Bertz CT molecular complexity index is 532. The number of hydrogen-bond acceptors (Lipinski definition) is 6. The van der Waals surface area contributed by atoms with E-state index in [1.54, 1.807) is 23.9 Å². The van der Waals surface area contributed by atoms with Crippen molar-refractivity contribution in [3.63, 3.8) is 0 Å². The highest BCUT2D eigenvalue weighted by molar-refractivity contribution is 8.69. The molecule has 1 rings (SSSR count). The van der Waals surface area contributed by atoms with E-state index in [9.17, 15) is 0 Å². The topological polar surface area (TPSA) is 55.8 Å². The van der Waals surface area contributed by atoms with Gasteiger partial charge in [0.15, 0.2) is 0 Å². The van der Waals surface area contributed by atoms with Crippen molar-refractivity contribution in [3.05, 3.63) is 28.2 Å². The molecule has 0 fully saturated rings. The molecule has 23 heavy (non-hydrogen) atoms. The van der Waals surface area contributed by atoms with Crippen molar-refractivity contribution in [2.45, 2.75) is 25.7 Å². The highest BCUT2D eigenvalue weighted by Crippen LogP contribution is 2.62. The third-order valence-corrected chi connectivity index (χ3v) is 9.69. The second-order valence-corrected chi connectivity index (χ2v) is 12.3. The predicted molar refractivity (Wildman–Crippen MR) is 106 cm³/mol. The number of aliphatic carboxylic acids is 1. The van der Waals surface area contributed by atoms with Crippen molar-refractivity contribution in [1.82, 2.24) is 0 Å². The molecular weight excluding hydrogens is 418 g/mol. The van der Waals surface area contributed by atoms with Gasteiger partial charge in [0, 0.05) is 16.8 Å². The number of hydrogen-bond donors (Lipinski definition) is 1. The van der Waals surface area contributed by atoms with Crippen LogP contribution in [0.15, 0.2) is 23.1 Å². The van der Waals surface area contributed by atoms with Crippen molar-refractivity contribution in [1.29, 1.82) is 0 Å². The summed E-state index contributed by atoms with van der Waals surface area (Å²) >= 11 is 20.6. The molecule has 0 radical (unpaired) electrons. The first kappa shape index (κ1) is 23.5. The summed E-state index contributed by atoms with van der Waals surface area (Å²) in [5.74, 6) is -0.833. The van der Waals surface area contributed by atoms with Gasteiger partial charge in [0.1, 0.15) is 0 Å². The first-order chi connectivity index (χ1) is 10.7. The highest BCUT2D eigenvalue weighted by atomic mass is 35.5. The van der Waals surface area contributed by atoms with E-state index in [0.29, 0.717) is 23.3 Å². The maximum Gasteiger partial charge on any atom is 0.300 e. The van der Waals surface area contributed by atoms with Gasteiger partial charge in [0.25, 0.3) is 5.97 Å². The lowest BCUT2D eigenvalue weighted by Crippen LogP contribution is -1.92. The molecule has 0 saturated carbocycles. The number of rotatable bonds is 8. The molecule has 1 aromatic carbocycles. The average Bonchev–Trinajstić information content (AvgIpc) is 2.42. The summed E-state index contributed by atoms with van der Waals surface area (Å²) in [6.07, 6.45) is 0. The smallest absolute Gasteiger partial charge is 0.300 e. The summed E-state index contributed by atoms with van der Waals surface area (Å²) in [5, 5.41) is 9.50. The third kappa shape index (κ3) is 11.7. The van der Waals surface area contributed by atoms with Gasteiger partial charge < -0.3 is 14.2 Å². The zero-order valence-corrected chi connectivity index (χ0v) is 17.8. The molecule has 1 aromatic rings. The summed E-state index contributed by atoms with van der Waals surface area (Å²) in [7, 11) is 0. The van der Waals surface area contributed by atoms with E-state index in [-0.39, 0.29) is 0 Å². The van der Waals surface area contributed by atoms with E-state index in [0.717, 1.165) is 16.9 Å². The summed E-state index contributed by atoms with van der Waals surface area (Å²) in [5.41, 5.74) is -2.23. The van der Waals surface area contributed by atoms with Crippen LogP contribution in [0.1, 0.15) is 20.8 Å². The van der Waals surface area contributed by atoms with Crippen molar-refractivity contribution in [3.8, 4) is 0 Å². The summed E-state index contributed by atoms with van der Waals surface area (Å²) in [6, 6.07) is 5.41. The van der Waals surface area contributed by atoms with E-state index in [2.05, 4.69) is 0 Å². The third-order valence-electron chi connectivity index (χ3n) is 1.89. The standard InChI is InChI=1S/C11H15Cl2O2PS3.C2H4O2/c1-3-14-16(17,15-4-2)19-8-18-11-7-9(12)5-6-10(11)13;1-2(3)4/h5-7H,3-4,8H2,1-2H3;1H3,(H,3,4). The molecule has 1 N–H and O–H groups in total. The fraction of sp³-hybridized carbons (Fsp3) is 0.462. The Hall–Kier alpha value is 0.540. The number of benzene rings is 1. The molecule has 0 amide bonds. The summed E-state index contributed by atoms with van der Waals surface area (Å²) in [6.45, 7) is 6.04. The van der Waals surface area contributed by atoms with Crippen molar-refractivity contribution in [2.24, 2.45) is 0 Å². The van der Waals surface area contributed by atoms with Crippen LogP contribution in [0.3, 0.4) is 0 Å². The van der Waals surface area contributed by atoms with Crippen LogP contribution in [0, 0.1) is 0 Å². The monoisotopic (exact) mass is 436 g/mol. The summed E-state index contributed by atoms with van der Waals surface area (Å²) in [4.78, 5) is 9.94. The van der Waals surface area contributed by atoms with Gasteiger partial charge in [0.2, 0.25) is 5.69 Å². The van der Waals surface area contributed by atoms with Crippen molar-refractivity contribution < 1.29 is 18.9 Å². The van der Waals surface area contributed by atoms with Gasteiger partial charge >= 0.3 is 0 Å². The number of carboxylic acid groups (broad SMARTS) is 1. The van der Waals surface area contributed by atoms with Crippen LogP contribution in [0.2, 0.25) is 10.0 Å². The van der Waals surface area contributed by atoms with Gasteiger partial charge in [-0.15, -0.1) is 11.8 Å². The van der Waals surface area contributed by atoms with Crippen molar-refractivity contribution in [2.75, 3.05) is 18.3 Å². The van der Waals surface area contributed by atoms with Crippen LogP contribution < -0.4 is 0 Å². The quantitative estimate of drug-likeness (QED) is 0.297. The normalized spacial score (nSPS) is 10.8. The van der Waals surface area contributed by atoms with Gasteiger partial charge in [-0.25, -0.2) is 0 Å². The Labute approximate surface area is 160 Å². The molecule has 0 unspecified atom stereocenters. The molecule has 4 nitrogen and oxygen atoms in total. The summed E-state index contributed by atoms with van der Waals surface area (Å²) < 4.78 is 11.1. The minimum absolute atomic E-state index is 0.562. The molecule has 0 aliphatic heterocycles. The maximum atomic E-state index is 9.00. The zero-order chi connectivity index (χ0) is 17.9. The van der Waals surface area contributed by atoms with Gasteiger partial charge in [-0.2, -0.15) is 0 Å². The Balaban J connectivity index is 0.00000108. The van der Waals surface area contributed by atoms with Crippen LogP contribution in [0.4, 0.5) is 0 Å². The Kier molecular flexibility index (Phi) is 13.1.